The second-order valence-electron chi connectivity index (χ2n) is 9.08. The molecule has 2 amide bonds. The number of carbonyl (C=O) groups excluding carboxylic acids is 2. The average molecular weight is 510 g/mol. The molecule has 1 aromatic heterocycles. The monoisotopic (exact) mass is 509 g/mol. The van der Waals surface area contributed by atoms with Crippen molar-refractivity contribution in [3.8, 4) is 0 Å². The number of nitrogens with one attached hydrogen (secondary N) is 1. The predicted molar refractivity (Wildman–Crippen MR) is 135 cm³/mol. The SMILES string of the molecule is O=C(Nc1nnc(CCc2ccc(F)cc2)s1)[C@H]1CC(=O)N(c2ccc(CN3CCOCC3)cc2)C1. The Balaban J connectivity index is 1.12. The molecular formula is C26H28FN5O3S. The number of hydrogen-bond acceptors (Lipinski definition) is 7. The number of ether oxygens (including phenoxy) is 1. The molecule has 0 unspecified atom stereocenters. The van der Waals surface area contributed by atoms with Crippen molar-refractivity contribution < 1.29 is 18.7 Å². The van der Waals surface area contributed by atoms with E-state index in [4.69, 9.17) is 4.74 Å². The summed E-state index contributed by atoms with van der Waals surface area (Å²) in [5.74, 6) is -0.995. The van der Waals surface area contributed by atoms with Gasteiger partial charge in [0, 0.05) is 44.7 Å². The summed E-state index contributed by atoms with van der Waals surface area (Å²) >= 11 is 1.32. The summed E-state index contributed by atoms with van der Waals surface area (Å²) in [5, 5.41) is 12.3. The van der Waals surface area contributed by atoms with Crippen molar-refractivity contribution in [3.05, 3.63) is 70.5 Å². The molecule has 0 radical (unpaired) electrons. The van der Waals surface area contributed by atoms with Crippen LogP contribution in [0.15, 0.2) is 48.5 Å². The molecule has 0 aliphatic carbocycles. The molecule has 0 bridgehead atoms. The summed E-state index contributed by atoms with van der Waals surface area (Å²) in [6.45, 7) is 4.57. The third-order valence-electron chi connectivity index (χ3n) is 6.49. The maximum Gasteiger partial charge on any atom is 0.231 e. The second-order valence-corrected chi connectivity index (χ2v) is 10.1. The Morgan fingerprint density at radius 1 is 1.03 bits per heavy atom. The van der Waals surface area contributed by atoms with Crippen molar-refractivity contribution in [1.82, 2.24) is 15.1 Å². The van der Waals surface area contributed by atoms with Gasteiger partial charge in [-0.1, -0.05) is 35.6 Å². The van der Waals surface area contributed by atoms with E-state index < -0.39 is 5.92 Å². The number of amides is 2. The van der Waals surface area contributed by atoms with Crippen molar-refractivity contribution in [1.29, 1.82) is 0 Å². The maximum absolute atomic E-state index is 13.1. The first kappa shape index (κ1) is 24.5. The molecule has 5 rings (SSSR count). The average Bonchev–Trinajstić information content (AvgIpc) is 3.51. The van der Waals surface area contributed by atoms with Gasteiger partial charge >= 0.3 is 0 Å². The second kappa shape index (κ2) is 11.2. The Bertz CT molecular complexity index is 1200. The molecule has 36 heavy (non-hydrogen) atoms. The molecule has 10 heteroatoms. The largest absolute Gasteiger partial charge is 0.379 e. The van der Waals surface area contributed by atoms with Crippen molar-refractivity contribution in [3.63, 3.8) is 0 Å². The number of carbonyl (C=O) groups is 2. The van der Waals surface area contributed by atoms with E-state index in [2.05, 4.69) is 20.4 Å². The lowest BCUT2D eigenvalue weighted by molar-refractivity contribution is -0.122. The normalized spacial score (nSPS) is 18.5. The van der Waals surface area contributed by atoms with Crippen molar-refractivity contribution in [2.45, 2.75) is 25.8 Å². The van der Waals surface area contributed by atoms with E-state index in [0.29, 0.717) is 24.5 Å². The quantitative estimate of drug-likeness (QED) is 0.502. The van der Waals surface area contributed by atoms with E-state index in [1.54, 1.807) is 17.0 Å². The number of morpholine rings is 1. The lowest BCUT2D eigenvalue weighted by Crippen LogP contribution is -2.35. The number of nitrogens with zero attached hydrogens (tertiary/aromatic N) is 4. The van der Waals surface area contributed by atoms with Crippen LogP contribution < -0.4 is 10.2 Å². The first-order chi connectivity index (χ1) is 17.5. The fraction of sp³-hybridized carbons (Fsp3) is 0.385. The smallest absolute Gasteiger partial charge is 0.231 e. The molecule has 0 spiro atoms. The van der Waals surface area contributed by atoms with Gasteiger partial charge in [-0.15, -0.1) is 10.2 Å². The highest BCUT2D eigenvalue weighted by molar-refractivity contribution is 7.15. The lowest BCUT2D eigenvalue weighted by atomic mass is 10.1. The summed E-state index contributed by atoms with van der Waals surface area (Å²) in [5.41, 5.74) is 3.00. The van der Waals surface area contributed by atoms with Crippen molar-refractivity contribution in [2.75, 3.05) is 43.1 Å². The topological polar surface area (TPSA) is 87.7 Å². The van der Waals surface area contributed by atoms with Crippen LogP contribution in [0.5, 0.6) is 0 Å². The van der Waals surface area contributed by atoms with Crippen LogP contribution in [0.1, 0.15) is 22.6 Å². The number of hydrogen-bond donors (Lipinski definition) is 1. The van der Waals surface area contributed by atoms with E-state index >= 15 is 0 Å². The van der Waals surface area contributed by atoms with Gasteiger partial charge in [0.05, 0.1) is 19.1 Å². The molecule has 1 atom stereocenters. The summed E-state index contributed by atoms with van der Waals surface area (Å²) in [7, 11) is 0. The molecule has 2 aliphatic rings. The van der Waals surface area contributed by atoms with E-state index in [1.165, 1.54) is 29.0 Å². The van der Waals surface area contributed by atoms with Gasteiger partial charge < -0.3 is 15.0 Å². The van der Waals surface area contributed by atoms with Crippen LogP contribution >= 0.6 is 11.3 Å². The fourth-order valence-electron chi connectivity index (χ4n) is 4.45. The van der Waals surface area contributed by atoms with E-state index in [0.717, 1.165) is 49.1 Å². The molecule has 1 N–H and O–H groups in total. The van der Waals surface area contributed by atoms with Crippen LogP contribution in [0.3, 0.4) is 0 Å². The third-order valence-corrected chi connectivity index (χ3v) is 7.39. The molecule has 3 aromatic rings. The highest BCUT2D eigenvalue weighted by Crippen LogP contribution is 2.27. The molecule has 0 saturated carbocycles. The summed E-state index contributed by atoms with van der Waals surface area (Å²) in [6, 6.07) is 14.4. The Morgan fingerprint density at radius 3 is 2.50 bits per heavy atom. The van der Waals surface area contributed by atoms with Crippen molar-refractivity contribution >= 4 is 34.0 Å². The zero-order valence-electron chi connectivity index (χ0n) is 19.9. The standard InChI is InChI=1S/C26H28FN5O3S/c27-21-6-1-18(2-7-21)5-10-23-29-30-26(36-23)28-25(34)20-15-24(33)32(17-20)22-8-3-19(4-9-22)16-31-11-13-35-14-12-31/h1-4,6-9,20H,5,10-17H2,(H,28,30,34)/t20-/m0/s1. The molecular weight excluding hydrogens is 481 g/mol. The van der Waals surface area contributed by atoms with Gasteiger partial charge in [-0.2, -0.15) is 0 Å². The third kappa shape index (κ3) is 6.13. The number of anilines is 2. The van der Waals surface area contributed by atoms with Gasteiger partial charge in [-0.05, 0) is 41.8 Å². The number of benzene rings is 2. The van der Waals surface area contributed by atoms with Gasteiger partial charge in [0.15, 0.2) is 0 Å². The molecule has 188 valence electrons. The van der Waals surface area contributed by atoms with Gasteiger partial charge in [-0.3, -0.25) is 14.5 Å². The number of aromatic nitrogens is 2. The summed E-state index contributed by atoms with van der Waals surface area (Å²) < 4.78 is 18.5. The highest BCUT2D eigenvalue weighted by Gasteiger charge is 2.35. The Hall–Kier alpha value is -3.21. The van der Waals surface area contributed by atoms with Crippen LogP contribution in [0.2, 0.25) is 0 Å². The van der Waals surface area contributed by atoms with E-state index in [-0.39, 0.29) is 24.1 Å². The zero-order chi connectivity index (χ0) is 24.9. The minimum Gasteiger partial charge on any atom is -0.379 e. The minimum atomic E-state index is -0.447. The number of halogens is 1. The summed E-state index contributed by atoms with van der Waals surface area (Å²) in [6.07, 6.45) is 1.52. The van der Waals surface area contributed by atoms with E-state index in [1.807, 2.05) is 24.3 Å². The molecule has 2 aromatic carbocycles. The van der Waals surface area contributed by atoms with Gasteiger partial charge in [0.1, 0.15) is 10.8 Å². The minimum absolute atomic E-state index is 0.0617. The number of aryl methyl sites for hydroxylation is 2. The summed E-state index contributed by atoms with van der Waals surface area (Å²) in [4.78, 5) is 29.5. The van der Waals surface area contributed by atoms with Gasteiger partial charge in [0.25, 0.3) is 0 Å². The fourth-order valence-corrected chi connectivity index (χ4v) is 5.19. The van der Waals surface area contributed by atoms with Gasteiger partial charge in [-0.25, -0.2) is 4.39 Å². The van der Waals surface area contributed by atoms with Crippen LogP contribution in [0.4, 0.5) is 15.2 Å². The van der Waals surface area contributed by atoms with Crippen molar-refractivity contribution in [2.24, 2.45) is 5.92 Å². The molecule has 8 nitrogen and oxygen atoms in total. The van der Waals surface area contributed by atoms with Crippen LogP contribution in [0.25, 0.3) is 0 Å². The van der Waals surface area contributed by atoms with E-state index in [9.17, 15) is 14.0 Å². The lowest BCUT2D eigenvalue weighted by Gasteiger charge is -2.26. The Kier molecular flexibility index (Phi) is 7.64. The Morgan fingerprint density at radius 2 is 1.75 bits per heavy atom. The first-order valence-electron chi connectivity index (χ1n) is 12.1. The van der Waals surface area contributed by atoms with Crippen LogP contribution in [0, 0.1) is 11.7 Å². The first-order valence-corrected chi connectivity index (χ1v) is 12.9. The maximum atomic E-state index is 13.1. The van der Waals surface area contributed by atoms with Gasteiger partial charge in [0.2, 0.25) is 16.9 Å². The molecule has 2 saturated heterocycles. The predicted octanol–water partition coefficient (Wildman–Crippen LogP) is 3.29. The Labute approximate surface area is 213 Å². The highest BCUT2D eigenvalue weighted by atomic mass is 32.1. The zero-order valence-corrected chi connectivity index (χ0v) is 20.7. The van der Waals surface area contributed by atoms with Crippen LogP contribution in [-0.4, -0.2) is 59.8 Å². The molecule has 3 heterocycles. The number of rotatable bonds is 8. The molecule has 2 fully saturated rings. The molecule has 2 aliphatic heterocycles. The van der Waals surface area contributed by atoms with Crippen LogP contribution in [-0.2, 0) is 33.7 Å².